The summed E-state index contributed by atoms with van der Waals surface area (Å²) >= 11 is 0. The van der Waals surface area contributed by atoms with E-state index in [0.717, 1.165) is 10.5 Å². The van der Waals surface area contributed by atoms with E-state index in [0.29, 0.717) is 29.6 Å². The summed E-state index contributed by atoms with van der Waals surface area (Å²) in [7, 11) is -2.74. The van der Waals surface area contributed by atoms with E-state index in [1.165, 1.54) is 30.2 Å². The monoisotopic (exact) mass is 556 g/mol. The second-order valence-corrected chi connectivity index (χ2v) is 11.4. The summed E-state index contributed by atoms with van der Waals surface area (Å²) in [4.78, 5) is 41.0. The molecular weight excluding hydrogens is 528 g/mol. The molecule has 1 aromatic carbocycles. The fourth-order valence-electron chi connectivity index (χ4n) is 5.31. The molecule has 2 aliphatic rings. The summed E-state index contributed by atoms with van der Waals surface area (Å²) in [6, 6.07) is 7.95. The summed E-state index contributed by atoms with van der Waals surface area (Å²) in [5, 5.41) is 15.1. The van der Waals surface area contributed by atoms with Gasteiger partial charge in [-0.15, -0.1) is 0 Å². The number of ether oxygens (including phenoxy) is 1. The van der Waals surface area contributed by atoms with Crippen molar-refractivity contribution in [2.75, 3.05) is 20.2 Å². The molecule has 0 bridgehead atoms. The van der Waals surface area contributed by atoms with Crippen LogP contribution in [0.25, 0.3) is 11.0 Å². The number of furan rings is 1. The van der Waals surface area contributed by atoms with Gasteiger partial charge in [-0.3, -0.25) is 14.4 Å². The Morgan fingerprint density at radius 1 is 1.26 bits per heavy atom. The highest BCUT2D eigenvalue weighted by atomic mass is 32.2. The lowest BCUT2D eigenvalue weighted by molar-refractivity contribution is -0.646. The maximum absolute atomic E-state index is 13.6. The fraction of sp³-hybridized carbons (Fsp3) is 0.385. The predicted octanol–water partition coefficient (Wildman–Crippen LogP) is 1.22. The number of amides is 2. The zero-order chi connectivity index (χ0) is 27.9. The van der Waals surface area contributed by atoms with Gasteiger partial charge in [-0.05, 0) is 43.2 Å². The Kier molecular flexibility index (Phi) is 7.03. The molecule has 2 fully saturated rings. The van der Waals surface area contributed by atoms with Crippen molar-refractivity contribution in [2.24, 2.45) is 0 Å². The zero-order valence-corrected chi connectivity index (χ0v) is 22.2. The second-order valence-electron chi connectivity index (χ2n) is 9.54. The standard InChI is InChI=1S/C26H28N4O8S/c1-3-6-18(27-25(32)22-14-16-13-17(37-2)8-9-21(16)38-22)26(33)28-12-10-19-24(28)20(31)15-30(19)39(35,36)23-7-4-5-11-29(23)34/h4-5,7-9,11,13-14,18-19,24H,3,6,10,12,15H2,1-2H3,(H,27,32). The Hall–Kier alpha value is -3.97. The highest BCUT2D eigenvalue weighted by Crippen LogP contribution is 2.34. The number of pyridine rings is 1. The number of aromatic nitrogens is 1. The molecule has 3 unspecified atom stereocenters. The molecule has 2 amide bonds. The Balaban J connectivity index is 1.35. The van der Waals surface area contributed by atoms with E-state index in [4.69, 9.17) is 9.15 Å². The minimum Gasteiger partial charge on any atom is -0.618 e. The Bertz CT molecular complexity index is 1550. The van der Waals surface area contributed by atoms with Crippen LogP contribution in [0.1, 0.15) is 36.7 Å². The van der Waals surface area contributed by atoms with Crippen molar-refractivity contribution in [1.82, 2.24) is 14.5 Å². The van der Waals surface area contributed by atoms with Gasteiger partial charge >= 0.3 is 15.0 Å². The molecule has 4 heterocycles. The average molecular weight is 557 g/mol. The van der Waals surface area contributed by atoms with E-state index < -0.39 is 57.3 Å². The van der Waals surface area contributed by atoms with E-state index in [2.05, 4.69) is 5.32 Å². The molecule has 39 heavy (non-hydrogen) atoms. The van der Waals surface area contributed by atoms with Crippen molar-refractivity contribution in [3.8, 4) is 5.75 Å². The topological polar surface area (TPSA) is 153 Å². The lowest BCUT2D eigenvalue weighted by Gasteiger charge is -2.28. The number of rotatable bonds is 8. The van der Waals surface area contributed by atoms with E-state index in [-0.39, 0.29) is 23.5 Å². The maximum Gasteiger partial charge on any atom is 0.323 e. The molecular formula is C26H28N4O8S. The van der Waals surface area contributed by atoms with E-state index in [1.54, 1.807) is 24.3 Å². The first kappa shape index (κ1) is 26.6. The number of methoxy groups -OCH3 is 1. The molecule has 206 valence electrons. The first-order valence-corrected chi connectivity index (χ1v) is 14.0. The lowest BCUT2D eigenvalue weighted by atomic mass is 10.1. The molecule has 0 saturated carbocycles. The molecule has 2 saturated heterocycles. The first-order valence-electron chi connectivity index (χ1n) is 12.6. The quantitative estimate of drug-likeness (QED) is 0.321. The van der Waals surface area contributed by atoms with Gasteiger partial charge in [0.25, 0.3) is 5.91 Å². The Morgan fingerprint density at radius 2 is 2.05 bits per heavy atom. The molecule has 1 N–H and O–H groups in total. The Morgan fingerprint density at radius 3 is 2.77 bits per heavy atom. The third kappa shape index (κ3) is 4.72. The predicted molar refractivity (Wildman–Crippen MR) is 137 cm³/mol. The van der Waals surface area contributed by atoms with Gasteiger partial charge in [-0.25, -0.2) is 8.42 Å². The normalized spacial score (nSPS) is 20.3. The van der Waals surface area contributed by atoms with Crippen LogP contribution in [0.4, 0.5) is 0 Å². The van der Waals surface area contributed by atoms with Crippen LogP contribution < -0.4 is 14.8 Å². The summed E-state index contributed by atoms with van der Waals surface area (Å²) in [5.74, 6) is -0.863. The summed E-state index contributed by atoms with van der Waals surface area (Å²) in [6.45, 7) is 1.56. The minimum absolute atomic E-state index is 0.0226. The van der Waals surface area contributed by atoms with Crippen LogP contribution in [0.15, 0.2) is 58.1 Å². The van der Waals surface area contributed by atoms with Gasteiger partial charge in [0.15, 0.2) is 17.7 Å². The molecule has 0 spiro atoms. The molecule has 2 aliphatic heterocycles. The largest absolute Gasteiger partial charge is 0.618 e. The van der Waals surface area contributed by atoms with E-state index >= 15 is 0 Å². The van der Waals surface area contributed by atoms with Crippen LogP contribution in [0.2, 0.25) is 0 Å². The molecule has 2 aromatic heterocycles. The first-order chi connectivity index (χ1) is 18.6. The molecule has 13 heteroatoms. The number of likely N-dealkylation sites (tertiary alicyclic amines) is 1. The third-order valence-electron chi connectivity index (χ3n) is 7.15. The van der Waals surface area contributed by atoms with Gasteiger partial charge < -0.3 is 24.6 Å². The number of sulfonamides is 1. The third-order valence-corrected chi connectivity index (χ3v) is 9.01. The average Bonchev–Trinajstić information content (AvgIpc) is 3.63. The number of benzene rings is 1. The summed E-state index contributed by atoms with van der Waals surface area (Å²) < 4.78 is 38.6. The van der Waals surface area contributed by atoms with Crippen molar-refractivity contribution in [2.45, 2.75) is 49.3 Å². The van der Waals surface area contributed by atoms with Gasteiger partial charge in [-0.1, -0.05) is 13.3 Å². The number of nitrogens with one attached hydrogen (secondary N) is 1. The van der Waals surface area contributed by atoms with Crippen LogP contribution in [-0.2, 0) is 19.6 Å². The number of hydrogen-bond acceptors (Lipinski definition) is 8. The van der Waals surface area contributed by atoms with E-state index in [1.807, 2.05) is 6.92 Å². The second kappa shape index (κ2) is 10.3. The number of nitrogens with zero attached hydrogens (tertiary/aromatic N) is 3. The smallest absolute Gasteiger partial charge is 0.323 e. The highest BCUT2D eigenvalue weighted by molar-refractivity contribution is 7.89. The summed E-state index contributed by atoms with van der Waals surface area (Å²) in [5.41, 5.74) is 0.484. The number of fused-ring (bicyclic) bond motifs is 2. The molecule has 12 nitrogen and oxygen atoms in total. The SMILES string of the molecule is CCCC(NC(=O)c1cc2cc(OC)ccc2o1)C(=O)N1CCC2C1C(=O)CN2S(=O)(=O)c1cccc[n+]1[O-]. The molecule has 0 aliphatic carbocycles. The minimum atomic E-state index is -4.28. The fourth-order valence-corrected chi connectivity index (χ4v) is 6.96. The number of ketones is 1. The van der Waals surface area contributed by atoms with Gasteiger partial charge in [0.1, 0.15) is 23.4 Å². The van der Waals surface area contributed by atoms with Crippen molar-refractivity contribution in [3.63, 3.8) is 0 Å². The lowest BCUT2D eigenvalue weighted by Crippen LogP contribution is -2.52. The van der Waals surface area contributed by atoms with Gasteiger partial charge in [-0.2, -0.15) is 9.04 Å². The number of hydrogen-bond donors (Lipinski definition) is 1. The molecule has 0 radical (unpaired) electrons. The zero-order valence-electron chi connectivity index (χ0n) is 21.4. The van der Waals surface area contributed by atoms with Crippen molar-refractivity contribution in [1.29, 1.82) is 0 Å². The number of carbonyl (C=O) groups excluding carboxylic acids is 3. The Labute approximate surface area is 224 Å². The van der Waals surface area contributed by atoms with Crippen LogP contribution in [0, 0.1) is 5.21 Å². The molecule has 3 aromatic rings. The van der Waals surface area contributed by atoms with Gasteiger partial charge in [0.2, 0.25) is 5.91 Å². The number of carbonyl (C=O) groups is 3. The van der Waals surface area contributed by atoms with Gasteiger partial charge in [0, 0.05) is 24.1 Å². The summed E-state index contributed by atoms with van der Waals surface area (Å²) in [6.07, 6.45) is 2.18. The van der Waals surface area contributed by atoms with Crippen molar-refractivity contribution >= 4 is 38.6 Å². The van der Waals surface area contributed by atoms with Crippen LogP contribution in [0.3, 0.4) is 0 Å². The van der Waals surface area contributed by atoms with Crippen molar-refractivity contribution < 1.29 is 36.7 Å². The maximum atomic E-state index is 13.6. The number of Topliss-reactive ketones (excluding diaryl/α,β-unsaturated/α-hetero) is 1. The van der Waals surface area contributed by atoms with Crippen molar-refractivity contribution in [3.05, 3.63) is 59.6 Å². The van der Waals surface area contributed by atoms with Gasteiger partial charge in [0.05, 0.1) is 19.7 Å². The highest BCUT2D eigenvalue weighted by Gasteiger charge is 2.55. The van der Waals surface area contributed by atoms with E-state index in [9.17, 15) is 28.0 Å². The molecule has 3 atom stereocenters. The van der Waals surface area contributed by atoms with Crippen LogP contribution >= 0.6 is 0 Å². The molecule has 5 rings (SSSR count). The van der Waals surface area contributed by atoms with Crippen LogP contribution in [-0.4, -0.2) is 73.5 Å². The van der Waals surface area contributed by atoms with Crippen LogP contribution in [0.5, 0.6) is 5.75 Å².